The molecule has 4 nitrogen and oxygen atoms in total. The molecule has 21 heavy (non-hydrogen) atoms. The van der Waals surface area contributed by atoms with Gasteiger partial charge in [0.05, 0.1) is 0 Å². The molecule has 1 saturated carbocycles. The molecular formula is C16H27N3OS. The number of aromatic amines is 1. The van der Waals surface area contributed by atoms with E-state index in [4.69, 9.17) is 0 Å². The summed E-state index contributed by atoms with van der Waals surface area (Å²) in [5.74, 6) is 1.46. The van der Waals surface area contributed by atoms with Crippen LogP contribution in [0, 0.1) is 0 Å². The van der Waals surface area contributed by atoms with Gasteiger partial charge in [-0.05, 0) is 37.5 Å². The molecule has 5 heteroatoms. The molecule has 0 atom stereocenters. The fraction of sp³-hybridized carbons (Fsp3) is 0.750. The molecule has 1 fully saturated rings. The van der Waals surface area contributed by atoms with Crippen molar-refractivity contribution < 1.29 is 4.79 Å². The van der Waals surface area contributed by atoms with E-state index in [1.165, 1.54) is 38.5 Å². The normalized spacial score (nSPS) is 16.0. The van der Waals surface area contributed by atoms with Crippen molar-refractivity contribution in [2.75, 3.05) is 12.3 Å². The van der Waals surface area contributed by atoms with Gasteiger partial charge in [-0.15, -0.1) is 0 Å². The van der Waals surface area contributed by atoms with Crippen molar-refractivity contribution in [2.24, 2.45) is 0 Å². The summed E-state index contributed by atoms with van der Waals surface area (Å²) in [4.78, 5) is 12.0. The van der Waals surface area contributed by atoms with Crippen molar-refractivity contribution in [3.63, 3.8) is 0 Å². The van der Waals surface area contributed by atoms with Gasteiger partial charge in [-0.2, -0.15) is 17.7 Å². The third-order valence-electron chi connectivity index (χ3n) is 4.25. The Morgan fingerprint density at radius 1 is 1.24 bits per heavy atom. The van der Waals surface area contributed by atoms with Gasteiger partial charge < -0.3 is 5.32 Å². The molecule has 2 N–H and O–H groups in total. The minimum absolute atomic E-state index is 0.0532. The van der Waals surface area contributed by atoms with Crippen LogP contribution in [-0.4, -0.2) is 28.4 Å². The number of amides is 1. The maximum absolute atomic E-state index is 12.0. The number of nitrogens with zero attached hydrogens (tertiary/aromatic N) is 1. The molecule has 118 valence electrons. The van der Waals surface area contributed by atoms with E-state index in [-0.39, 0.29) is 5.91 Å². The number of rotatable bonds is 8. The summed E-state index contributed by atoms with van der Waals surface area (Å²) in [6.07, 6.45) is 10.9. The van der Waals surface area contributed by atoms with Crippen LogP contribution in [-0.2, 0) is 0 Å². The molecule has 0 spiro atoms. The zero-order valence-electron chi connectivity index (χ0n) is 12.7. The Labute approximate surface area is 132 Å². The van der Waals surface area contributed by atoms with Crippen LogP contribution in [0.5, 0.6) is 0 Å². The Hall–Kier alpha value is -0.970. The third kappa shape index (κ3) is 5.38. The van der Waals surface area contributed by atoms with Crippen molar-refractivity contribution >= 4 is 18.5 Å². The highest BCUT2D eigenvalue weighted by atomic mass is 32.1. The molecule has 1 aromatic rings. The van der Waals surface area contributed by atoms with Crippen molar-refractivity contribution in [1.29, 1.82) is 0 Å². The summed E-state index contributed by atoms with van der Waals surface area (Å²) in [5, 5.41) is 10.2. The van der Waals surface area contributed by atoms with Crippen molar-refractivity contribution in [1.82, 2.24) is 15.5 Å². The lowest BCUT2D eigenvalue weighted by Gasteiger charge is -2.19. The van der Waals surface area contributed by atoms with Gasteiger partial charge in [-0.25, -0.2) is 0 Å². The molecule has 1 aliphatic carbocycles. The number of carbonyl (C=O) groups is 1. The van der Waals surface area contributed by atoms with Crippen LogP contribution in [0.1, 0.15) is 79.9 Å². The number of hydrogen-bond donors (Lipinski definition) is 3. The lowest BCUT2D eigenvalue weighted by molar-refractivity contribution is 0.0948. The Morgan fingerprint density at radius 3 is 2.76 bits per heavy atom. The van der Waals surface area contributed by atoms with Crippen LogP contribution < -0.4 is 5.32 Å². The van der Waals surface area contributed by atoms with Crippen LogP contribution in [0.15, 0.2) is 6.07 Å². The van der Waals surface area contributed by atoms with Gasteiger partial charge in [-0.3, -0.25) is 9.89 Å². The van der Waals surface area contributed by atoms with Gasteiger partial charge in [0, 0.05) is 18.2 Å². The van der Waals surface area contributed by atoms with Gasteiger partial charge in [-0.1, -0.05) is 32.1 Å². The summed E-state index contributed by atoms with van der Waals surface area (Å²) in [7, 11) is 0. The van der Waals surface area contributed by atoms with Crippen LogP contribution in [0.2, 0.25) is 0 Å². The van der Waals surface area contributed by atoms with Gasteiger partial charge in [0.2, 0.25) is 0 Å². The highest BCUT2D eigenvalue weighted by Crippen LogP contribution is 2.31. The van der Waals surface area contributed by atoms with E-state index in [2.05, 4.69) is 28.1 Å². The van der Waals surface area contributed by atoms with E-state index in [0.29, 0.717) is 11.6 Å². The lowest BCUT2D eigenvalue weighted by atomic mass is 9.87. The van der Waals surface area contributed by atoms with E-state index in [9.17, 15) is 4.79 Å². The molecule has 2 rings (SSSR count). The van der Waals surface area contributed by atoms with E-state index in [1.54, 1.807) is 0 Å². The summed E-state index contributed by atoms with van der Waals surface area (Å²) >= 11 is 4.19. The van der Waals surface area contributed by atoms with Crippen LogP contribution in [0.3, 0.4) is 0 Å². The number of H-pyrrole nitrogens is 1. The number of hydrogen-bond acceptors (Lipinski definition) is 3. The first-order valence-corrected chi connectivity index (χ1v) is 8.89. The molecule has 0 bridgehead atoms. The van der Waals surface area contributed by atoms with Crippen LogP contribution >= 0.6 is 12.6 Å². The Bertz CT molecular complexity index is 427. The van der Waals surface area contributed by atoms with Crippen molar-refractivity contribution in [3.05, 3.63) is 17.5 Å². The number of aromatic nitrogens is 2. The average molecular weight is 309 g/mol. The average Bonchev–Trinajstić information content (AvgIpc) is 3.01. The van der Waals surface area contributed by atoms with Crippen LogP contribution in [0.25, 0.3) is 0 Å². The molecule has 0 radical (unpaired) electrons. The van der Waals surface area contributed by atoms with Gasteiger partial charge >= 0.3 is 0 Å². The highest BCUT2D eigenvalue weighted by molar-refractivity contribution is 7.80. The SMILES string of the molecule is O=C(NCCCCCCS)c1cc(C2CCCCC2)[nH]n1. The topological polar surface area (TPSA) is 57.8 Å². The quantitative estimate of drug-likeness (QED) is 0.507. The first-order valence-electron chi connectivity index (χ1n) is 8.25. The maximum Gasteiger partial charge on any atom is 0.271 e. The lowest BCUT2D eigenvalue weighted by Crippen LogP contribution is -2.24. The number of carbonyl (C=O) groups excluding carboxylic acids is 1. The monoisotopic (exact) mass is 309 g/mol. The molecule has 0 aromatic carbocycles. The second-order valence-corrected chi connectivity index (χ2v) is 6.38. The largest absolute Gasteiger partial charge is 0.351 e. The zero-order valence-corrected chi connectivity index (χ0v) is 13.6. The maximum atomic E-state index is 12.0. The number of thiol groups is 1. The van der Waals surface area contributed by atoms with E-state index < -0.39 is 0 Å². The molecular weight excluding hydrogens is 282 g/mol. The zero-order chi connectivity index (χ0) is 14.9. The van der Waals surface area contributed by atoms with E-state index >= 15 is 0 Å². The smallest absolute Gasteiger partial charge is 0.271 e. The number of unbranched alkanes of at least 4 members (excludes halogenated alkanes) is 3. The molecule has 1 aliphatic rings. The molecule has 1 heterocycles. The Kier molecular flexibility index (Phi) is 7.13. The summed E-state index contributed by atoms with van der Waals surface area (Å²) < 4.78 is 0. The highest BCUT2D eigenvalue weighted by Gasteiger charge is 2.19. The molecule has 1 aromatic heterocycles. The first kappa shape index (κ1) is 16.4. The predicted molar refractivity (Wildman–Crippen MR) is 89.1 cm³/mol. The number of nitrogens with one attached hydrogen (secondary N) is 2. The second kappa shape index (κ2) is 9.13. The minimum Gasteiger partial charge on any atom is -0.351 e. The van der Waals surface area contributed by atoms with E-state index in [1.807, 2.05) is 6.07 Å². The minimum atomic E-state index is -0.0532. The first-order chi connectivity index (χ1) is 10.3. The van der Waals surface area contributed by atoms with Gasteiger partial charge in [0.1, 0.15) is 5.69 Å². The molecule has 0 saturated heterocycles. The second-order valence-electron chi connectivity index (χ2n) is 5.94. The fourth-order valence-corrected chi connectivity index (χ4v) is 3.18. The predicted octanol–water partition coefficient (Wildman–Crippen LogP) is 3.68. The van der Waals surface area contributed by atoms with Gasteiger partial charge in [0.25, 0.3) is 5.91 Å². The summed E-state index contributed by atoms with van der Waals surface area (Å²) in [6.45, 7) is 0.733. The fourth-order valence-electron chi connectivity index (χ4n) is 2.96. The van der Waals surface area contributed by atoms with Crippen LogP contribution in [0.4, 0.5) is 0 Å². The van der Waals surface area contributed by atoms with Gasteiger partial charge in [0.15, 0.2) is 0 Å². The Balaban J connectivity index is 1.71. The van der Waals surface area contributed by atoms with E-state index in [0.717, 1.165) is 37.3 Å². The molecule has 0 unspecified atom stereocenters. The standard InChI is InChI=1S/C16H27N3OS/c20-16(17-10-6-1-2-7-11-21)15-12-14(18-19-15)13-8-4-3-5-9-13/h12-13,21H,1-11H2,(H,17,20)(H,18,19). The molecule has 1 amide bonds. The summed E-state index contributed by atoms with van der Waals surface area (Å²) in [5.41, 5.74) is 1.67. The summed E-state index contributed by atoms with van der Waals surface area (Å²) in [6, 6.07) is 1.94. The Morgan fingerprint density at radius 2 is 2.00 bits per heavy atom. The third-order valence-corrected chi connectivity index (χ3v) is 4.56. The molecule has 0 aliphatic heterocycles. The van der Waals surface area contributed by atoms with Crippen molar-refractivity contribution in [2.45, 2.75) is 63.7 Å². The van der Waals surface area contributed by atoms with Crippen molar-refractivity contribution in [3.8, 4) is 0 Å².